The fraction of sp³-hybridized carbons (Fsp3) is 1.00. The summed E-state index contributed by atoms with van der Waals surface area (Å²) in [6, 6.07) is 0. The topological polar surface area (TPSA) is 18.5 Å². The Labute approximate surface area is 82.9 Å². The first kappa shape index (κ1) is 11.2. The van der Waals surface area contributed by atoms with Crippen LogP contribution in [0.5, 0.6) is 0 Å². The maximum Gasteiger partial charge on any atom is 0.331 e. The van der Waals surface area contributed by atoms with E-state index in [2.05, 4.69) is 13.1 Å². The van der Waals surface area contributed by atoms with Gasteiger partial charge in [-0.3, -0.25) is 0 Å². The van der Waals surface area contributed by atoms with Gasteiger partial charge in [0.25, 0.3) is 0 Å². The summed E-state index contributed by atoms with van der Waals surface area (Å²) in [7, 11) is -0.00421. The zero-order valence-electron chi connectivity index (χ0n) is 9.14. The summed E-state index contributed by atoms with van der Waals surface area (Å²) in [5, 5.41) is 0. The molecule has 0 bridgehead atoms. The van der Waals surface area contributed by atoms with Gasteiger partial charge in [0, 0.05) is 13.7 Å². The zero-order chi connectivity index (χ0) is 9.73. The van der Waals surface area contributed by atoms with Crippen LogP contribution < -0.4 is 0 Å². The van der Waals surface area contributed by atoms with Crippen molar-refractivity contribution in [1.82, 2.24) is 0 Å². The second kappa shape index (κ2) is 5.13. The van der Waals surface area contributed by atoms with E-state index in [9.17, 15) is 0 Å². The minimum absolute atomic E-state index is 0.802. The highest BCUT2D eigenvalue weighted by atomic mass is 28.4. The fourth-order valence-electron chi connectivity index (χ4n) is 1.73. The number of hydrogen-bond acceptors (Lipinski definition) is 2. The molecule has 13 heavy (non-hydrogen) atoms. The average Bonchev–Trinajstić information content (AvgIpc) is 2.17. The Balaban J connectivity index is 2.17. The van der Waals surface area contributed by atoms with Gasteiger partial charge >= 0.3 is 8.56 Å². The van der Waals surface area contributed by atoms with Gasteiger partial charge in [0.1, 0.15) is 0 Å². The summed E-state index contributed by atoms with van der Waals surface area (Å²) >= 11 is 0. The number of hydrogen-bond donors (Lipinski definition) is 0. The van der Waals surface area contributed by atoms with Crippen LogP contribution in [0.25, 0.3) is 0 Å². The van der Waals surface area contributed by atoms with Crippen molar-refractivity contribution < 1.29 is 8.85 Å². The molecule has 0 aromatic heterocycles. The van der Waals surface area contributed by atoms with Gasteiger partial charge in [0.15, 0.2) is 0 Å². The highest BCUT2D eigenvalue weighted by molar-refractivity contribution is 6.64. The fourth-order valence-corrected chi connectivity index (χ4v) is 2.49. The largest absolute Gasteiger partial charge is 0.398 e. The highest BCUT2D eigenvalue weighted by Crippen LogP contribution is 2.24. The second-order valence-corrected chi connectivity index (χ2v) is 7.92. The molecule has 1 aliphatic carbocycles. The third kappa shape index (κ3) is 4.25. The lowest BCUT2D eigenvalue weighted by atomic mass is 9.90. The Morgan fingerprint density at radius 3 is 2.31 bits per heavy atom. The van der Waals surface area contributed by atoms with Gasteiger partial charge in [0.2, 0.25) is 0 Å². The lowest BCUT2D eigenvalue weighted by molar-refractivity contribution is 0.155. The summed E-state index contributed by atoms with van der Waals surface area (Å²) < 4.78 is 11.2. The van der Waals surface area contributed by atoms with Crippen molar-refractivity contribution in [3.05, 3.63) is 0 Å². The van der Waals surface area contributed by atoms with Crippen molar-refractivity contribution in [1.29, 1.82) is 0 Å². The molecule has 0 saturated heterocycles. The molecule has 0 N–H and O–H groups in total. The van der Waals surface area contributed by atoms with Crippen molar-refractivity contribution in [2.75, 3.05) is 13.7 Å². The van der Waals surface area contributed by atoms with Crippen molar-refractivity contribution in [3.8, 4) is 0 Å². The molecule has 0 unspecified atom stereocenters. The molecule has 78 valence electrons. The third-order valence-electron chi connectivity index (χ3n) is 2.88. The van der Waals surface area contributed by atoms with Crippen LogP contribution in [0.2, 0.25) is 13.1 Å². The van der Waals surface area contributed by atoms with Gasteiger partial charge in [-0.2, -0.15) is 0 Å². The highest BCUT2D eigenvalue weighted by Gasteiger charge is 2.24. The quantitative estimate of drug-likeness (QED) is 0.653. The first-order valence-electron chi connectivity index (χ1n) is 5.33. The van der Waals surface area contributed by atoms with Gasteiger partial charge in [-0.1, -0.05) is 19.3 Å². The van der Waals surface area contributed by atoms with Crippen LogP contribution in [0, 0.1) is 5.92 Å². The lowest BCUT2D eigenvalue weighted by Crippen LogP contribution is -2.35. The maximum absolute atomic E-state index is 5.83. The van der Waals surface area contributed by atoms with E-state index < -0.39 is 8.56 Å². The van der Waals surface area contributed by atoms with E-state index in [1.165, 1.54) is 32.1 Å². The van der Waals surface area contributed by atoms with Crippen LogP contribution >= 0.6 is 0 Å². The Morgan fingerprint density at radius 2 is 1.77 bits per heavy atom. The van der Waals surface area contributed by atoms with E-state index >= 15 is 0 Å². The molecule has 2 nitrogen and oxygen atoms in total. The molecule has 1 fully saturated rings. The molecule has 0 aliphatic heterocycles. The Bertz CT molecular complexity index is 142. The third-order valence-corrected chi connectivity index (χ3v) is 4.73. The molecule has 0 heterocycles. The van der Waals surface area contributed by atoms with E-state index in [-0.39, 0.29) is 0 Å². The van der Waals surface area contributed by atoms with Crippen molar-refractivity contribution in [3.63, 3.8) is 0 Å². The smallest absolute Gasteiger partial charge is 0.331 e. The van der Waals surface area contributed by atoms with Crippen molar-refractivity contribution in [2.45, 2.75) is 45.2 Å². The van der Waals surface area contributed by atoms with Gasteiger partial charge in [0.05, 0.1) is 0 Å². The van der Waals surface area contributed by atoms with E-state index in [1.54, 1.807) is 7.11 Å². The Kier molecular flexibility index (Phi) is 4.42. The predicted octanol–water partition coefficient (Wildman–Crippen LogP) is 2.93. The van der Waals surface area contributed by atoms with Crippen LogP contribution in [0.4, 0.5) is 0 Å². The molecule has 0 atom stereocenters. The molecule has 0 aromatic rings. The summed E-state index contributed by atoms with van der Waals surface area (Å²) in [5.74, 6) is 0.802. The molecular weight excluding hydrogens is 180 g/mol. The van der Waals surface area contributed by atoms with Gasteiger partial charge in [-0.25, -0.2) is 0 Å². The van der Waals surface area contributed by atoms with E-state index in [1.807, 2.05) is 0 Å². The van der Waals surface area contributed by atoms with E-state index in [0.717, 1.165) is 12.5 Å². The van der Waals surface area contributed by atoms with Crippen molar-refractivity contribution >= 4 is 8.56 Å². The molecule has 3 heteroatoms. The molecule has 0 radical (unpaired) electrons. The molecule has 0 spiro atoms. The van der Waals surface area contributed by atoms with Gasteiger partial charge < -0.3 is 8.85 Å². The van der Waals surface area contributed by atoms with E-state index in [4.69, 9.17) is 8.85 Å². The Morgan fingerprint density at radius 1 is 1.15 bits per heavy atom. The predicted molar refractivity (Wildman–Crippen MR) is 57.0 cm³/mol. The normalized spacial score (nSPS) is 20.5. The molecule has 1 saturated carbocycles. The van der Waals surface area contributed by atoms with Gasteiger partial charge in [-0.05, 0) is 31.9 Å². The van der Waals surface area contributed by atoms with Gasteiger partial charge in [-0.15, -0.1) is 0 Å². The molecule has 0 amide bonds. The summed E-state index contributed by atoms with van der Waals surface area (Å²) in [6.07, 6.45) is 6.91. The molecule has 1 rings (SSSR count). The zero-order valence-corrected chi connectivity index (χ0v) is 10.1. The van der Waals surface area contributed by atoms with E-state index in [0.29, 0.717) is 0 Å². The first-order valence-corrected chi connectivity index (χ1v) is 8.15. The summed E-state index contributed by atoms with van der Waals surface area (Å²) in [5.41, 5.74) is 0. The molecule has 0 aromatic carbocycles. The average molecular weight is 202 g/mol. The minimum atomic E-state index is -1.76. The van der Waals surface area contributed by atoms with Crippen LogP contribution in [0.3, 0.4) is 0 Å². The van der Waals surface area contributed by atoms with Crippen LogP contribution in [-0.4, -0.2) is 22.3 Å². The maximum atomic E-state index is 5.83. The Hall–Kier alpha value is 0.137. The SMILES string of the molecule is CO[Si](C)(C)OCC1CCCCC1. The van der Waals surface area contributed by atoms with Crippen molar-refractivity contribution in [2.24, 2.45) is 5.92 Å². The van der Waals surface area contributed by atoms with Crippen LogP contribution in [0.1, 0.15) is 32.1 Å². The van der Waals surface area contributed by atoms with Crippen LogP contribution in [-0.2, 0) is 8.85 Å². The summed E-state index contributed by atoms with van der Waals surface area (Å²) in [4.78, 5) is 0. The first-order chi connectivity index (χ1) is 6.14. The molecule has 1 aliphatic rings. The number of rotatable bonds is 4. The monoisotopic (exact) mass is 202 g/mol. The standard InChI is InChI=1S/C10H22O2Si/c1-11-13(2,3)12-9-10-7-5-4-6-8-10/h10H,4-9H2,1-3H3. The molecular formula is C10H22O2Si. The lowest BCUT2D eigenvalue weighted by Gasteiger charge is -2.26. The minimum Gasteiger partial charge on any atom is -0.398 e. The second-order valence-electron chi connectivity index (χ2n) is 4.42. The van der Waals surface area contributed by atoms with Crippen LogP contribution in [0.15, 0.2) is 0 Å². The summed E-state index contributed by atoms with van der Waals surface area (Å²) in [6.45, 7) is 5.14.